The molecule has 1 amide bonds. The number of hydrogen-bond acceptors (Lipinski definition) is 5. The Balaban J connectivity index is 1.89. The van der Waals surface area contributed by atoms with Crippen molar-refractivity contribution in [1.82, 2.24) is 20.1 Å². The molecule has 146 valence electrons. The van der Waals surface area contributed by atoms with E-state index in [0.717, 1.165) is 5.75 Å². The smallest absolute Gasteiger partial charge is 0.246 e. The Bertz CT molecular complexity index is 950. The van der Waals surface area contributed by atoms with Gasteiger partial charge < -0.3 is 10.1 Å². The molecule has 0 fully saturated rings. The van der Waals surface area contributed by atoms with Crippen molar-refractivity contribution in [3.05, 3.63) is 70.0 Å². The summed E-state index contributed by atoms with van der Waals surface area (Å²) in [6.07, 6.45) is 0. The van der Waals surface area contributed by atoms with Gasteiger partial charge in [-0.3, -0.25) is 9.36 Å². The average molecular weight is 437 g/mol. The summed E-state index contributed by atoms with van der Waals surface area (Å²) in [6, 6.07) is 15.3. The Morgan fingerprint density at radius 3 is 2.68 bits per heavy atom. The van der Waals surface area contributed by atoms with Gasteiger partial charge in [-0.25, -0.2) is 0 Å². The van der Waals surface area contributed by atoms with Gasteiger partial charge in [-0.2, -0.15) is 0 Å². The van der Waals surface area contributed by atoms with Crippen LogP contribution in [0.5, 0.6) is 0 Å². The van der Waals surface area contributed by atoms with Gasteiger partial charge in [-0.05, 0) is 23.8 Å². The van der Waals surface area contributed by atoms with E-state index in [1.54, 1.807) is 18.2 Å². The topological polar surface area (TPSA) is 69.0 Å². The van der Waals surface area contributed by atoms with E-state index in [4.69, 9.17) is 27.9 Å². The molecule has 9 heteroatoms. The molecule has 0 saturated carbocycles. The molecule has 0 radical (unpaired) electrons. The zero-order valence-electron chi connectivity index (χ0n) is 15.1. The molecule has 2 aromatic carbocycles. The summed E-state index contributed by atoms with van der Waals surface area (Å²) in [5.74, 6) is 1.04. The number of benzene rings is 2. The van der Waals surface area contributed by atoms with Gasteiger partial charge in [0, 0.05) is 17.9 Å². The maximum atomic E-state index is 11.8. The van der Waals surface area contributed by atoms with Crippen LogP contribution < -0.4 is 5.32 Å². The van der Waals surface area contributed by atoms with Gasteiger partial charge in [-0.15, -0.1) is 10.2 Å². The first kappa shape index (κ1) is 20.7. The Hall–Kier alpha value is -2.06. The first-order valence-electron chi connectivity index (χ1n) is 8.40. The molecular weight excluding hydrogens is 419 g/mol. The summed E-state index contributed by atoms with van der Waals surface area (Å²) in [4.78, 5) is 11.8. The van der Waals surface area contributed by atoms with Gasteiger partial charge in [0.1, 0.15) is 6.61 Å². The molecule has 1 heterocycles. The molecule has 0 aliphatic heterocycles. The summed E-state index contributed by atoms with van der Waals surface area (Å²) in [6.45, 7) is 0.172. The normalized spacial score (nSPS) is 10.8. The monoisotopic (exact) mass is 436 g/mol. The maximum absolute atomic E-state index is 11.8. The molecule has 0 unspecified atom stereocenters. The van der Waals surface area contributed by atoms with E-state index in [9.17, 15) is 4.79 Å². The SMILES string of the molecule is COCC(=O)NCc1nnc(SCc2ccccc2)n1-c1ccc(Cl)cc1Cl. The molecule has 28 heavy (non-hydrogen) atoms. The van der Waals surface area contributed by atoms with Crippen molar-refractivity contribution in [1.29, 1.82) is 0 Å². The minimum absolute atomic E-state index is 0.0224. The minimum atomic E-state index is -0.238. The van der Waals surface area contributed by atoms with Gasteiger partial charge >= 0.3 is 0 Å². The van der Waals surface area contributed by atoms with Crippen LogP contribution in [0.2, 0.25) is 10.0 Å². The van der Waals surface area contributed by atoms with E-state index < -0.39 is 0 Å². The summed E-state index contributed by atoms with van der Waals surface area (Å²) in [7, 11) is 1.47. The van der Waals surface area contributed by atoms with E-state index in [2.05, 4.69) is 27.6 Å². The quantitative estimate of drug-likeness (QED) is 0.537. The van der Waals surface area contributed by atoms with Crippen molar-refractivity contribution >= 4 is 40.9 Å². The van der Waals surface area contributed by atoms with Crippen LogP contribution in [0.15, 0.2) is 53.7 Å². The highest BCUT2D eigenvalue weighted by atomic mass is 35.5. The number of carbonyl (C=O) groups is 1. The highest BCUT2D eigenvalue weighted by Gasteiger charge is 2.17. The van der Waals surface area contributed by atoms with E-state index in [-0.39, 0.29) is 19.1 Å². The highest BCUT2D eigenvalue weighted by Crippen LogP contribution is 2.30. The van der Waals surface area contributed by atoms with Crippen molar-refractivity contribution in [2.45, 2.75) is 17.5 Å². The predicted octanol–water partition coefficient (Wildman–Crippen LogP) is 4.13. The van der Waals surface area contributed by atoms with Crippen LogP contribution in [0.4, 0.5) is 0 Å². The molecule has 0 atom stereocenters. The molecule has 0 aliphatic rings. The summed E-state index contributed by atoms with van der Waals surface area (Å²) in [5, 5.41) is 13.0. The van der Waals surface area contributed by atoms with E-state index in [1.807, 2.05) is 22.8 Å². The third-order valence-electron chi connectivity index (χ3n) is 3.78. The second-order valence-electron chi connectivity index (χ2n) is 5.81. The van der Waals surface area contributed by atoms with Crippen molar-refractivity contribution < 1.29 is 9.53 Å². The van der Waals surface area contributed by atoms with E-state index in [0.29, 0.717) is 26.7 Å². The molecule has 1 N–H and O–H groups in total. The largest absolute Gasteiger partial charge is 0.375 e. The van der Waals surface area contributed by atoms with Gasteiger partial charge in [-0.1, -0.05) is 65.3 Å². The number of amides is 1. The average Bonchev–Trinajstić information content (AvgIpc) is 3.08. The lowest BCUT2D eigenvalue weighted by Gasteiger charge is -2.13. The van der Waals surface area contributed by atoms with Crippen LogP contribution in [0.1, 0.15) is 11.4 Å². The zero-order valence-corrected chi connectivity index (χ0v) is 17.4. The van der Waals surface area contributed by atoms with Gasteiger partial charge in [0.2, 0.25) is 5.91 Å². The van der Waals surface area contributed by atoms with Crippen molar-refractivity contribution in [2.24, 2.45) is 0 Å². The lowest BCUT2D eigenvalue weighted by molar-refractivity contribution is -0.124. The molecule has 3 rings (SSSR count). The summed E-state index contributed by atoms with van der Waals surface area (Å²) in [5.41, 5.74) is 1.86. The second-order valence-corrected chi connectivity index (χ2v) is 7.60. The van der Waals surface area contributed by atoms with Crippen LogP contribution in [-0.2, 0) is 21.8 Å². The number of carbonyl (C=O) groups excluding carboxylic acids is 1. The molecule has 0 saturated heterocycles. The van der Waals surface area contributed by atoms with Crippen molar-refractivity contribution in [3.63, 3.8) is 0 Å². The summed E-state index contributed by atoms with van der Waals surface area (Å²) >= 11 is 14.0. The Kier molecular flexibility index (Phi) is 7.33. The molecule has 0 aliphatic carbocycles. The Labute approximate surface area is 177 Å². The van der Waals surface area contributed by atoms with Gasteiger partial charge in [0.05, 0.1) is 17.3 Å². The fourth-order valence-corrected chi connectivity index (χ4v) is 3.91. The Morgan fingerprint density at radius 2 is 1.96 bits per heavy atom. The first-order chi connectivity index (χ1) is 13.6. The Morgan fingerprint density at radius 1 is 1.18 bits per heavy atom. The lowest BCUT2D eigenvalue weighted by atomic mass is 10.2. The first-order valence-corrected chi connectivity index (χ1v) is 10.1. The number of methoxy groups -OCH3 is 1. The second kappa shape index (κ2) is 9.93. The molecular formula is C19H18Cl2N4O2S. The summed E-state index contributed by atoms with van der Waals surface area (Å²) < 4.78 is 6.67. The number of nitrogens with one attached hydrogen (secondary N) is 1. The van der Waals surface area contributed by atoms with Crippen molar-refractivity contribution in [3.8, 4) is 5.69 Å². The highest BCUT2D eigenvalue weighted by molar-refractivity contribution is 7.98. The van der Waals surface area contributed by atoms with Crippen LogP contribution >= 0.6 is 35.0 Å². The van der Waals surface area contributed by atoms with E-state index in [1.165, 1.54) is 24.4 Å². The predicted molar refractivity (Wildman–Crippen MR) is 111 cm³/mol. The fraction of sp³-hybridized carbons (Fsp3) is 0.211. The number of halogens is 2. The van der Waals surface area contributed by atoms with Gasteiger partial charge in [0.25, 0.3) is 0 Å². The molecule has 6 nitrogen and oxygen atoms in total. The minimum Gasteiger partial charge on any atom is -0.375 e. The third-order valence-corrected chi connectivity index (χ3v) is 5.32. The van der Waals surface area contributed by atoms with Crippen molar-refractivity contribution in [2.75, 3.05) is 13.7 Å². The number of hydrogen-bond donors (Lipinski definition) is 1. The maximum Gasteiger partial charge on any atom is 0.246 e. The third kappa shape index (κ3) is 5.26. The number of nitrogens with zero attached hydrogens (tertiary/aromatic N) is 3. The molecule has 0 bridgehead atoms. The van der Waals surface area contributed by atoms with Gasteiger partial charge in [0.15, 0.2) is 11.0 Å². The van der Waals surface area contributed by atoms with Crippen LogP contribution in [-0.4, -0.2) is 34.4 Å². The lowest BCUT2D eigenvalue weighted by Crippen LogP contribution is -2.28. The van der Waals surface area contributed by atoms with Crippen LogP contribution in [0.3, 0.4) is 0 Å². The number of rotatable bonds is 8. The van der Waals surface area contributed by atoms with Crippen LogP contribution in [0.25, 0.3) is 5.69 Å². The standard InChI is InChI=1S/C19H18Cl2N4O2S/c1-27-11-18(26)22-10-17-23-24-19(28-12-13-5-3-2-4-6-13)25(17)16-8-7-14(20)9-15(16)21/h2-9H,10-12H2,1H3,(H,22,26). The molecule has 3 aromatic rings. The van der Waals surface area contributed by atoms with Crippen LogP contribution in [0, 0.1) is 0 Å². The number of thioether (sulfide) groups is 1. The number of ether oxygens (including phenoxy) is 1. The fourth-order valence-electron chi connectivity index (χ4n) is 2.49. The number of aromatic nitrogens is 3. The van der Waals surface area contributed by atoms with E-state index >= 15 is 0 Å². The molecule has 1 aromatic heterocycles. The molecule has 0 spiro atoms. The zero-order chi connectivity index (χ0) is 19.9.